The lowest BCUT2D eigenvalue weighted by Gasteiger charge is -2.05. The fourth-order valence-corrected chi connectivity index (χ4v) is 3.34. The smallest absolute Gasteiger partial charge is 0.271 e. The minimum absolute atomic E-state index is 0.206. The number of nitrogens with one attached hydrogen (secondary N) is 1. The summed E-state index contributed by atoms with van der Waals surface area (Å²) in [7, 11) is 0. The van der Waals surface area contributed by atoms with E-state index >= 15 is 0 Å². The molecular weight excluding hydrogens is 346 g/mol. The molecule has 0 spiro atoms. The summed E-state index contributed by atoms with van der Waals surface area (Å²) in [5, 5.41) is 5.30. The predicted octanol–water partition coefficient (Wildman–Crippen LogP) is 4.76. The number of hydrogen-bond donors (Lipinski definition) is 1. The Morgan fingerprint density at radius 3 is 2.50 bits per heavy atom. The highest BCUT2D eigenvalue weighted by atomic mass is 16.2. The molecular formula is C24H21N3O. The monoisotopic (exact) mass is 367 g/mol. The molecule has 1 N–H and O–H groups in total. The van der Waals surface area contributed by atoms with Gasteiger partial charge in [0.25, 0.3) is 5.91 Å². The van der Waals surface area contributed by atoms with Crippen LogP contribution in [0.4, 0.5) is 0 Å². The second kappa shape index (κ2) is 7.92. The van der Waals surface area contributed by atoms with Crippen LogP contribution in [0.15, 0.2) is 90.2 Å². The average molecular weight is 367 g/mol. The molecule has 0 aliphatic carbocycles. The molecule has 0 saturated carbocycles. The van der Waals surface area contributed by atoms with Crippen LogP contribution in [0, 0.1) is 6.92 Å². The molecule has 0 atom stereocenters. The number of aromatic nitrogens is 1. The number of benzene rings is 3. The Morgan fingerprint density at radius 2 is 1.68 bits per heavy atom. The maximum Gasteiger partial charge on any atom is 0.271 e. The number of rotatable bonds is 5. The highest BCUT2D eigenvalue weighted by molar-refractivity contribution is 6.00. The number of fused-ring (bicyclic) bond motifs is 1. The molecule has 4 heteroatoms. The molecule has 0 fully saturated rings. The molecule has 0 unspecified atom stereocenters. The Balaban J connectivity index is 1.58. The number of hydrogen-bond acceptors (Lipinski definition) is 2. The SMILES string of the molecule is Cc1ccccc1C(=O)N/N=C\c1cn(Cc2ccccc2)c2ccccc12. The molecule has 0 aliphatic heterocycles. The van der Waals surface area contributed by atoms with Crippen molar-refractivity contribution in [3.8, 4) is 0 Å². The van der Waals surface area contributed by atoms with Crippen molar-refractivity contribution in [2.24, 2.45) is 5.10 Å². The van der Waals surface area contributed by atoms with Crippen LogP contribution in [-0.2, 0) is 6.54 Å². The first kappa shape index (κ1) is 17.7. The highest BCUT2D eigenvalue weighted by Gasteiger charge is 2.09. The second-order valence-electron chi connectivity index (χ2n) is 6.73. The predicted molar refractivity (Wildman–Crippen MR) is 114 cm³/mol. The van der Waals surface area contributed by atoms with Crippen molar-refractivity contribution in [2.45, 2.75) is 13.5 Å². The van der Waals surface area contributed by atoms with Crippen molar-refractivity contribution in [1.82, 2.24) is 9.99 Å². The first-order valence-corrected chi connectivity index (χ1v) is 9.23. The van der Waals surface area contributed by atoms with Crippen molar-refractivity contribution in [1.29, 1.82) is 0 Å². The van der Waals surface area contributed by atoms with Crippen LogP contribution in [0.2, 0.25) is 0 Å². The van der Waals surface area contributed by atoms with E-state index in [0.29, 0.717) is 5.56 Å². The van der Waals surface area contributed by atoms with Crippen LogP contribution in [0.3, 0.4) is 0 Å². The van der Waals surface area contributed by atoms with Crippen LogP contribution in [0.1, 0.15) is 27.0 Å². The Kier molecular flexibility index (Phi) is 5.02. The largest absolute Gasteiger partial charge is 0.342 e. The molecule has 138 valence electrons. The summed E-state index contributed by atoms with van der Waals surface area (Å²) < 4.78 is 2.20. The summed E-state index contributed by atoms with van der Waals surface area (Å²) in [6, 6.07) is 26.0. The van der Waals surface area contributed by atoms with Gasteiger partial charge in [0, 0.05) is 34.8 Å². The summed E-state index contributed by atoms with van der Waals surface area (Å²) >= 11 is 0. The van der Waals surface area contributed by atoms with Gasteiger partial charge >= 0.3 is 0 Å². The number of amides is 1. The van der Waals surface area contributed by atoms with Gasteiger partial charge in [-0.05, 0) is 30.2 Å². The van der Waals surface area contributed by atoms with Crippen molar-refractivity contribution in [3.63, 3.8) is 0 Å². The molecule has 1 aromatic heterocycles. The summed E-state index contributed by atoms with van der Waals surface area (Å²) in [6.07, 6.45) is 3.78. The maximum atomic E-state index is 12.3. The standard InChI is InChI=1S/C24H21N3O/c1-18-9-5-6-12-21(18)24(28)26-25-15-20-17-27(16-19-10-3-2-4-11-19)23-14-8-7-13-22(20)23/h2-15,17H,16H2,1H3,(H,26,28)/b25-15-. The van der Waals surface area contributed by atoms with E-state index in [2.05, 4.69) is 45.6 Å². The molecule has 28 heavy (non-hydrogen) atoms. The quantitative estimate of drug-likeness (QED) is 0.401. The van der Waals surface area contributed by atoms with Gasteiger partial charge in [0.2, 0.25) is 0 Å². The third kappa shape index (κ3) is 3.71. The first-order valence-electron chi connectivity index (χ1n) is 9.23. The number of carbonyl (C=O) groups is 1. The van der Waals surface area contributed by atoms with Crippen LogP contribution in [0.5, 0.6) is 0 Å². The second-order valence-corrected chi connectivity index (χ2v) is 6.73. The molecule has 3 aromatic carbocycles. The zero-order valence-electron chi connectivity index (χ0n) is 15.7. The van der Waals surface area contributed by atoms with Gasteiger partial charge in [-0.15, -0.1) is 0 Å². The van der Waals surface area contributed by atoms with Crippen molar-refractivity contribution in [3.05, 3.63) is 107 Å². The minimum Gasteiger partial charge on any atom is -0.342 e. The van der Waals surface area contributed by atoms with E-state index in [-0.39, 0.29) is 5.91 Å². The first-order chi connectivity index (χ1) is 13.7. The molecule has 4 aromatic rings. The van der Waals surface area contributed by atoms with Gasteiger partial charge in [-0.2, -0.15) is 5.10 Å². The van der Waals surface area contributed by atoms with Gasteiger partial charge in [0.15, 0.2) is 0 Å². The Hall–Kier alpha value is -3.66. The Bertz CT molecular complexity index is 1140. The zero-order valence-corrected chi connectivity index (χ0v) is 15.7. The van der Waals surface area contributed by atoms with Gasteiger partial charge in [0.1, 0.15) is 0 Å². The molecule has 1 amide bonds. The number of nitrogens with zero attached hydrogens (tertiary/aromatic N) is 2. The van der Waals surface area contributed by atoms with Crippen molar-refractivity contribution >= 4 is 23.0 Å². The number of carbonyl (C=O) groups excluding carboxylic acids is 1. The van der Waals surface area contributed by atoms with Crippen LogP contribution < -0.4 is 5.43 Å². The zero-order chi connectivity index (χ0) is 19.3. The third-order valence-corrected chi connectivity index (χ3v) is 4.77. The molecule has 1 heterocycles. The van der Waals surface area contributed by atoms with Gasteiger partial charge < -0.3 is 4.57 Å². The third-order valence-electron chi connectivity index (χ3n) is 4.77. The fourth-order valence-electron chi connectivity index (χ4n) is 3.34. The van der Waals surface area contributed by atoms with E-state index < -0.39 is 0 Å². The summed E-state index contributed by atoms with van der Waals surface area (Å²) in [5.41, 5.74) is 7.53. The van der Waals surface area contributed by atoms with E-state index in [4.69, 9.17) is 0 Å². The molecule has 4 rings (SSSR count). The summed E-state index contributed by atoms with van der Waals surface area (Å²) in [6.45, 7) is 2.70. The van der Waals surface area contributed by atoms with E-state index in [1.165, 1.54) is 5.56 Å². The summed E-state index contributed by atoms with van der Waals surface area (Å²) in [4.78, 5) is 12.3. The van der Waals surface area contributed by atoms with Gasteiger partial charge in [-0.1, -0.05) is 66.7 Å². The number of aryl methyl sites for hydroxylation is 1. The van der Waals surface area contributed by atoms with Crippen LogP contribution in [-0.4, -0.2) is 16.7 Å². The number of para-hydroxylation sites is 1. The van der Waals surface area contributed by atoms with Crippen LogP contribution in [0.25, 0.3) is 10.9 Å². The van der Waals surface area contributed by atoms with Crippen molar-refractivity contribution in [2.75, 3.05) is 0 Å². The highest BCUT2D eigenvalue weighted by Crippen LogP contribution is 2.21. The van der Waals surface area contributed by atoms with Gasteiger partial charge in [0.05, 0.1) is 6.21 Å². The average Bonchev–Trinajstić information content (AvgIpc) is 3.07. The lowest BCUT2D eigenvalue weighted by atomic mass is 10.1. The molecule has 4 nitrogen and oxygen atoms in total. The van der Waals surface area contributed by atoms with E-state index in [9.17, 15) is 4.79 Å². The Morgan fingerprint density at radius 1 is 0.964 bits per heavy atom. The maximum absolute atomic E-state index is 12.3. The minimum atomic E-state index is -0.206. The molecule has 0 aliphatic rings. The molecule has 0 saturated heterocycles. The van der Waals surface area contributed by atoms with E-state index in [0.717, 1.165) is 28.6 Å². The molecule has 0 radical (unpaired) electrons. The van der Waals surface area contributed by atoms with E-state index in [1.54, 1.807) is 12.3 Å². The van der Waals surface area contributed by atoms with Gasteiger partial charge in [-0.3, -0.25) is 4.79 Å². The fraction of sp³-hybridized carbons (Fsp3) is 0.0833. The van der Waals surface area contributed by atoms with Crippen molar-refractivity contribution < 1.29 is 4.79 Å². The normalized spacial score (nSPS) is 11.2. The number of hydrazone groups is 1. The Labute approximate surface area is 164 Å². The molecule has 0 bridgehead atoms. The lowest BCUT2D eigenvalue weighted by molar-refractivity contribution is 0.0954. The van der Waals surface area contributed by atoms with Gasteiger partial charge in [-0.25, -0.2) is 5.43 Å². The lowest BCUT2D eigenvalue weighted by Crippen LogP contribution is -2.18. The van der Waals surface area contributed by atoms with Crippen LogP contribution >= 0.6 is 0 Å². The topological polar surface area (TPSA) is 46.4 Å². The van der Waals surface area contributed by atoms with E-state index in [1.807, 2.05) is 55.5 Å². The summed E-state index contributed by atoms with van der Waals surface area (Å²) in [5.74, 6) is -0.206.